The molecule has 2 aromatic carbocycles. The average molecular weight is 473 g/mol. The highest BCUT2D eigenvalue weighted by Gasteiger charge is 2.49. The Balaban J connectivity index is 1.51. The van der Waals surface area contributed by atoms with Gasteiger partial charge in [0, 0.05) is 12.2 Å². The van der Waals surface area contributed by atoms with Crippen LogP contribution in [-0.2, 0) is 6.18 Å². The predicted molar refractivity (Wildman–Crippen MR) is 110 cm³/mol. The fourth-order valence-electron chi connectivity index (χ4n) is 4.64. The van der Waals surface area contributed by atoms with E-state index in [-0.39, 0.29) is 17.9 Å². The number of aromatic hydroxyl groups is 1. The molecule has 0 saturated carbocycles. The van der Waals surface area contributed by atoms with Crippen molar-refractivity contribution < 1.29 is 27.5 Å². The number of amides is 2. The van der Waals surface area contributed by atoms with Crippen molar-refractivity contribution in [3.05, 3.63) is 75.6 Å². The number of nitrogens with one attached hydrogen (secondary N) is 1. The van der Waals surface area contributed by atoms with Crippen LogP contribution in [0.2, 0.25) is 0 Å². The molecule has 3 aromatic rings. The molecule has 5 rings (SSSR count). The average Bonchev–Trinajstić information content (AvgIpc) is 3.46. The lowest BCUT2D eigenvalue weighted by Gasteiger charge is -2.27. The van der Waals surface area contributed by atoms with Gasteiger partial charge in [0.2, 0.25) is 5.88 Å². The number of likely N-dealkylation sites (tertiary alicyclic amines) is 1. The molecule has 2 N–H and O–H groups in total. The first-order chi connectivity index (χ1) is 16.1. The van der Waals surface area contributed by atoms with E-state index in [4.69, 9.17) is 5.26 Å². The summed E-state index contributed by atoms with van der Waals surface area (Å²) in [4.78, 5) is 27.2. The molecule has 8 nitrogen and oxygen atoms in total. The van der Waals surface area contributed by atoms with Crippen LogP contribution in [0.1, 0.15) is 35.3 Å². The minimum Gasteiger partial charge on any atom is -0.493 e. The van der Waals surface area contributed by atoms with Gasteiger partial charge in [-0.1, -0.05) is 0 Å². The van der Waals surface area contributed by atoms with Crippen LogP contribution in [0, 0.1) is 17.1 Å². The van der Waals surface area contributed by atoms with Crippen molar-refractivity contribution in [2.45, 2.75) is 24.7 Å². The van der Waals surface area contributed by atoms with Gasteiger partial charge < -0.3 is 15.3 Å². The Morgan fingerprint density at radius 1 is 1.18 bits per heavy atom. The van der Waals surface area contributed by atoms with Crippen molar-refractivity contribution in [1.82, 2.24) is 14.0 Å². The van der Waals surface area contributed by atoms with Crippen LogP contribution in [0.5, 0.6) is 5.88 Å². The van der Waals surface area contributed by atoms with Crippen LogP contribution >= 0.6 is 0 Å². The van der Waals surface area contributed by atoms with E-state index >= 15 is 0 Å². The lowest BCUT2D eigenvalue weighted by Crippen LogP contribution is -2.40. The summed E-state index contributed by atoms with van der Waals surface area (Å²) in [6, 6.07) is 7.63. The number of nitrogens with zero attached hydrogens (tertiary/aromatic N) is 4. The number of hydrogen-bond donors (Lipinski definition) is 2. The maximum absolute atomic E-state index is 13.4. The van der Waals surface area contributed by atoms with E-state index in [9.17, 15) is 32.3 Å². The SMILES string of the molecule is N#Cc1ccc(-n2c(O)c3n(c2=O)[C@H]2C[C@@H]3N(C(=O)Nc3ccc(F)cc3)C2)cc1C(F)(F)F. The van der Waals surface area contributed by atoms with Crippen LogP contribution < -0.4 is 11.0 Å². The lowest BCUT2D eigenvalue weighted by atomic mass is 10.1. The first-order valence-electron chi connectivity index (χ1n) is 10.1. The van der Waals surface area contributed by atoms with Gasteiger partial charge in [-0.2, -0.15) is 18.4 Å². The smallest absolute Gasteiger partial charge is 0.417 e. The van der Waals surface area contributed by atoms with Crippen LogP contribution in [0.25, 0.3) is 5.69 Å². The summed E-state index contributed by atoms with van der Waals surface area (Å²) in [7, 11) is 0. The Morgan fingerprint density at radius 3 is 2.53 bits per heavy atom. The number of urea groups is 1. The maximum atomic E-state index is 13.4. The normalized spacial score (nSPS) is 18.6. The molecule has 0 unspecified atom stereocenters. The fourth-order valence-corrected chi connectivity index (χ4v) is 4.64. The number of rotatable bonds is 2. The molecule has 2 aliphatic rings. The predicted octanol–water partition coefficient (Wildman–Crippen LogP) is 3.91. The molecule has 2 amide bonds. The Labute approximate surface area is 188 Å². The highest BCUT2D eigenvalue weighted by atomic mass is 19.4. The number of imidazole rings is 1. The summed E-state index contributed by atoms with van der Waals surface area (Å²) in [5, 5.41) is 22.5. The Hall–Kier alpha value is -4.27. The molecular weight excluding hydrogens is 458 g/mol. The summed E-state index contributed by atoms with van der Waals surface area (Å²) in [5.41, 5.74) is -2.36. The summed E-state index contributed by atoms with van der Waals surface area (Å²) >= 11 is 0. The van der Waals surface area contributed by atoms with E-state index in [1.165, 1.54) is 39.8 Å². The van der Waals surface area contributed by atoms with Crippen molar-refractivity contribution in [2.24, 2.45) is 0 Å². The molecule has 34 heavy (non-hydrogen) atoms. The first-order valence-corrected chi connectivity index (χ1v) is 10.1. The minimum absolute atomic E-state index is 0.119. The zero-order chi connectivity index (χ0) is 24.4. The summed E-state index contributed by atoms with van der Waals surface area (Å²) in [6.07, 6.45) is -4.48. The fraction of sp³-hybridized carbons (Fsp3) is 0.227. The quantitative estimate of drug-likeness (QED) is 0.551. The number of alkyl halides is 3. The molecule has 0 radical (unpaired) electrons. The van der Waals surface area contributed by atoms with Gasteiger partial charge in [-0.3, -0.25) is 4.57 Å². The number of halogens is 4. The van der Waals surface area contributed by atoms with Crippen molar-refractivity contribution >= 4 is 11.7 Å². The first kappa shape index (κ1) is 21.6. The minimum atomic E-state index is -4.84. The van der Waals surface area contributed by atoms with Crippen molar-refractivity contribution in [2.75, 3.05) is 11.9 Å². The molecule has 2 aliphatic heterocycles. The van der Waals surface area contributed by atoms with Crippen LogP contribution in [-0.4, -0.2) is 31.7 Å². The summed E-state index contributed by atoms with van der Waals surface area (Å²) in [6.45, 7) is 0.148. The third-order valence-electron chi connectivity index (χ3n) is 6.10. The molecule has 3 heterocycles. The molecule has 174 valence electrons. The van der Waals surface area contributed by atoms with Gasteiger partial charge in [0.1, 0.15) is 11.5 Å². The van der Waals surface area contributed by atoms with Crippen molar-refractivity contribution in [3.63, 3.8) is 0 Å². The van der Waals surface area contributed by atoms with E-state index in [2.05, 4.69) is 5.32 Å². The molecule has 0 aliphatic carbocycles. The van der Waals surface area contributed by atoms with Crippen LogP contribution in [0.15, 0.2) is 47.3 Å². The van der Waals surface area contributed by atoms with Crippen LogP contribution in [0.4, 0.5) is 28.0 Å². The van der Waals surface area contributed by atoms with Crippen LogP contribution in [0.3, 0.4) is 0 Å². The second-order valence-corrected chi connectivity index (χ2v) is 8.03. The number of nitriles is 1. The van der Waals surface area contributed by atoms with Gasteiger partial charge in [0.05, 0.1) is 35.0 Å². The molecule has 2 bridgehead atoms. The molecular formula is C22H15F4N5O3. The van der Waals surface area contributed by atoms with E-state index in [1.54, 1.807) is 0 Å². The van der Waals surface area contributed by atoms with E-state index in [0.29, 0.717) is 18.2 Å². The van der Waals surface area contributed by atoms with E-state index in [1.807, 2.05) is 0 Å². The van der Waals surface area contributed by atoms with E-state index in [0.717, 1.165) is 16.7 Å². The number of carbonyl (C=O) groups is 1. The molecule has 2 atom stereocenters. The zero-order valence-electron chi connectivity index (χ0n) is 17.2. The van der Waals surface area contributed by atoms with Gasteiger partial charge >= 0.3 is 17.9 Å². The lowest BCUT2D eigenvalue weighted by molar-refractivity contribution is -0.137. The second kappa shape index (κ2) is 7.38. The van der Waals surface area contributed by atoms with Gasteiger partial charge in [0.15, 0.2) is 0 Å². The van der Waals surface area contributed by atoms with Gasteiger partial charge in [-0.25, -0.2) is 18.5 Å². The highest BCUT2D eigenvalue weighted by Crippen LogP contribution is 2.48. The molecule has 12 heteroatoms. The number of carbonyl (C=O) groups excluding carboxylic acids is 1. The second-order valence-electron chi connectivity index (χ2n) is 8.03. The number of hydrogen-bond acceptors (Lipinski definition) is 4. The number of aromatic nitrogens is 2. The molecule has 1 aromatic heterocycles. The number of fused-ring (bicyclic) bond motifs is 5. The standard InChI is InChI=1S/C22H15F4N5O3/c23-12-2-4-13(5-3-12)28-20(33)29-10-15-8-17(29)18-19(32)31(21(34)30(15)18)14-6-1-11(9-27)16(7-14)22(24,25)26/h1-7,15,17,32H,8,10H2,(H,28,33)/t15-,17-/m0/s1. The van der Waals surface area contributed by atoms with Gasteiger partial charge in [0.25, 0.3) is 0 Å². The maximum Gasteiger partial charge on any atom is 0.417 e. The third kappa shape index (κ3) is 3.20. The van der Waals surface area contributed by atoms with E-state index < -0.39 is 52.8 Å². The summed E-state index contributed by atoms with van der Waals surface area (Å²) in [5.74, 6) is -1.04. The Kier molecular flexibility index (Phi) is 4.68. The largest absolute Gasteiger partial charge is 0.493 e. The van der Waals surface area contributed by atoms with Crippen molar-refractivity contribution in [1.29, 1.82) is 5.26 Å². The third-order valence-corrected chi connectivity index (χ3v) is 6.10. The summed E-state index contributed by atoms with van der Waals surface area (Å²) < 4.78 is 55.3. The molecule has 0 spiro atoms. The number of benzene rings is 2. The highest BCUT2D eigenvalue weighted by molar-refractivity contribution is 5.90. The topological polar surface area (TPSA) is 103 Å². The molecule has 1 fully saturated rings. The molecule has 1 saturated heterocycles. The van der Waals surface area contributed by atoms with Gasteiger partial charge in [-0.15, -0.1) is 0 Å². The Morgan fingerprint density at radius 2 is 1.88 bits per heavy atom. The Bertz CT molecular complexity index is 1420. The zero-order valence-corrected chi connectivity index (χ0v) is 17.2. The number of anilines is 1. The van der Waals surface area contributed by atoms with Crippen molar-refractivity contribution in [3.8, 4) is 17.6 Å². The van der Waals surface area contributed by atoms with Gasteiger partial charge in [-0.05, 0) is 48.9 Å². The monoisotopic (exact) mass is 473 g/mol.